The van der Waals surface area contributed by atoms with Crippen molar-refractivity contribution >= 4 is 19.9 Å². The third kappa shape index (κ3) is 4.27. The maximum Gasteiger partial charge on any atom is 0.416 e. The van der Waals surface area contributed by atoms with Gasteiger partial charge < -0.3 is 4.43 Å². The van der Waals surface area contributed by atoms with Crippen LogP contribution in [-0.4, -0.2) is 8.32 Å². The summed E-state index contributed by atoms with van der Waals surface area (Å²) in [6.07, 6.45) is -4.55. The van der Waals surface area contributed by atoms with E-state index in [2.05, 4.69) is 20.8 Å². The van der Waals surface area contributed by atoms with E-state index in [0.717, 1.165) is 24.2 Å². The second-order valence-electron chi connectivity index (χ2n) is 5.46. The van der Waals surface area contributed by atoms with Crippen molar-refractivity contribution in [2.75, 3.05) is 0 Å². The van der Waals surface area contributed by atoms with E-state index in [4.69, 9.17) is 16.0 Å². The molecule has 0 N–H and O–H groups in total. The van der Waals surface area contributed by atoms with Gasteiger partial charge in [-0.25, -0.2) is 0 Å². The lowest BCUT2D eigenvalue weighted by Gasteiger charge is -2.34. The Morgan fingerprint density at radius 2 is 1.64 bits per heavy atom. The normalized spacial score (nSPS) is 14.2. The van der Waals surface area contributed by atoms with Crippen LogP contribution in [-0.2, 0) is 10.6 Å². The third-order valence-corrected chi connectivity index (χ3v) is 9.36. The van der Waals surface area contributed by atoms with Crippen molar-refractivity contribution in [3.63, 3.8) is 0 Å². The lowest BCUT2D eigenvalue weighted by Crippen LogP contribution is -2.37. The zero-order valence-corrected chi connectivity index (χ0v) is 15.3. The van der Waals surface area contributed by atoms with Gasteiger partial charge in [-0.05, 0) is 36.7 Å². The molecule has 0 aromatic heterocycles. The van der Waals surface area contributed by atoms with E-state index in [0.29, 0.717) is 6.42 Å². The van der Waals surface area contributed by atoms with Gasteiger partial charge in [0, 0.05) is 10.6 Å². The molecule has 0 fully saturated rings. The molecule has 0 aliphatic rings. The van der Waals surface area contributed by atoms with Crippen LogP contribution in [0.2, 0.25) is 23.2 Å². The van der Waals surface area contributed by atoms with Crippen molar-refractivity contribution in [3.05, 3.63) is 34.3 Å². The fourth-order valence-electron chi connectivity index (χ4n) is 2.76. The molecule has 0 aliphatic carbocycles. The zero-order chi connectivity index (χ0) is 17.0. The van der Waals surface area contributed by atoms with Crippen molar-refractivity contribution in [1.29, 1.82) is 0 Å². The van der Waals surface area contributed by atoms with E-state index in [1.54, 1.807) is 0 Å². The molecule has 1 rings (SSSR count). The average molecular weight is 353 g/mol. The summed E-state index contributed by atoms with van der Waals surface area (Å²) in [6, 6.07) is 6.60. The van der Waals surface area contributed by atoms with Crippen molar-refractivity contribution in [2.24, 2.45) is 0 Å². The molecule has 126 valence electrons. The van der Waals surface area contributed by atoms with Crippen molar-refractivity contribution in [2.45, 2.75) is 64.5 Å². The summed E-state index contributed by atoms with van der Waals surface area (Å²) in [5, 5.41) is 0.132. The van der Waals surface area contributed by atoms with Crippen LogP contribution in [0.3, 0.4) is 0 Å². The van der Waals surface area contributed by atoms with Crippen molar-refractivity contribution in [1.82, 2.24) is 0 Å². The Balaban J connectivity index is 3.32. The monoisotopic (exact) mass is 352 g/mol. The lowest BCUT2D eigenvalue weighted by molar-refractivity contribution is -0.139. The maximum absolute atomic E-state index is 13.3. The Labute approximate surface area is 136 Å². The molecule has 1 aromatic carbocycles. The molecule has 0 aliphatic heterocycles. The van der Waals surface area contributed by atoms with Crippen LogP contribution in [0.5, 0.6) is 0 Å². The first-order valence-electron chi connectivity index (χ1n) is 7.78. The van der Waals surface area contributed by atoms with Crippen LogP contribution in [0, 0.1) is 0 Å². The second kappa shape index (κ2) is 7.84. The molecular weight excluding hydrogens is 329 g/mol. The van der Waals surface area contributed by atoms with E-state index in [9.17, 15) is 13.2 Å². The SMILES string of the molecule is CCC(O[Si](CC)(CC)CC)c1c(Cl)cccc1C(F)(F)F. The van der Waals surface area contributed by atoms with E-state index < -0.39 is 26.2 Å². The van der Waals surface area contributed by atoms with E-state index in [1.807, 2.05) is 6.92 Å². The molecule has 0 radical (unpaired) electrons. The zero-order valence-electron chi connectivity index (χ0n) is 13.6. The van der Waals surface area contributed by atoms with Gasteiger partial charge in [-0.1, -0.05) is 45.4 Å². The Morgan fingerprint density at radius 1 is 1.09 bits per heavy atom. The quantitative estimate of drug-likeness (QED) is 0.488. The standard InChI is InChI=1S/C16H24ClF3OSi/c1-5-14(21-22(6-2,7-3)8-4)15-12(16(18,19)20)10-9-11-13(15)17/h9-11,14H,5-8H2,1-4H3. The van der Waals surface area contributed by atoms with Gasteiger partial charge in [0.15, 0.2) is 8.32 Å². The fourth-order valence-corrected chi connectivity index (χ4v) is 5.94. The number of hydrogen-bond donors (Lipinski definition) is 0. The highest BCUT2D eigenvalue weighted by Gasteiger charge is 2.39. The van der Waals surface area contributed by atoms with Gasteiger partial charge in [0.05, 0.1) is 11.7 Å². The molecule has 0 saturated heterocycles. The first-order valence-corrected chi connectivity index (χ1v) is 10.7. The summed E-state index contributed by atoms with van der Waals surface area (Å²) in [4.78, 5) is 0. The van der Waals surface area contributed by atoms with Gasteiger partial charge in [-0.2, -0.15) is 13.2 Å². The van der Waals surface area contributed by atoms with Crippen LogP contribution in [0.15, 0.2) is 18.2 Å². The van der Waals surface area contributed by atoms with Crippen molar-refractivity contribution < 1.29 is 17.6 Å². The Hall–Kier alpha value is -0.523. The predicted octanol–water partition coefficient (Wildman–Crippen LogP) is 6.83. The molecule has 1 unspecified atom stereocenters. The molecular formula is C16H24ClF3OSi. The first kappa shape index (κ1) is 19.5. The predicted molar refractivity (Wildman–Crippen MR) is 87.8 cm³/mol. The van der Waals surface area contributed by atoms with E-state index in [1.165, 1.54) is 12.1 Å². The highest BCUT2D eigenvalue weighted by molar-refractivity contribution is 6.73. The molecule has 0 bridgehead atoms. The molecule has 0 spiro atoms. The molecule has 1 nitrogen and oxygen atoms in total. The number of halogens is 4. The van der Waals surface area contributed by atoms with Gasteiger partial charge in [0.2, 0.25) is 0 Å². The van der Waals surface area contributed by atoms with Gasteiger partial charge >= 0.3 is 6.18 Å². The molecule has 0 heterocycles. The third-order valence-electron chi connectivity index (χ3n) is 4.38. The largest absolute Gasteiger partial charge is 0.416 e. The smallest absolute Gasteiger partial charge is 0.410 e. The number of benzene rings is 1. The molecule has 0 saturated carbocycles. The Kier molecular flexibility index (Phi) is 6.96. The minimum Gasteiger partial charge on any atom is -0.410 e. The van der Waals surface area contributed by atoms with Gasteiger partial charge in [-0.3, -0.25) is 0 Å². The van der Waals surface area contributed by atoms with Crippen LogP contribution >= 0.6 is 11.6 Å². The summed E-state index contributed by atoms with van der Waals surface area (Å²) >= 11 is 6.10. The van der Waals surface area contributed by atoms with Gasteiger partial charge in [0.1, 0.15) is 0 Å². The second-order valence-corrected chi connectivity index (χ2v) is 10.6. The number of rotatable bonds is 7. The summed E-state index contributed by atoms with van der Waals surface area (Å²) in [6.45, 7) is 8.02. The molecule has 6 heteroatoms. The summed E-state index contributed by atoms with van der Waals surface area (Å²) in [7, 11) is -2.02. The summed E-state index contributed by atoms with van der Waals surface area (Å²) in [5.74, 6) is 0. The maximum atomic E-state index is 13.3. The molecule has 22 heavy (non-hydrogen) atoms. The Morgan fingerprint density at radius 3 is 2.05 bits per heavy atom. The first-order chi connectivity index (χ1) is 10.2. The Bertz CT molecular complexity index is 479. The van der Waals surface area contributed by atoms with Crippen LogP contribution in [0.4, 0.5) is 13.2 Å². The fraction of sp³-hybridized carbons (Fsp3) is 0.625. The number of hydrogen-bond acceptors (Lipinski definition) is 1. The molecule has 0 amide bonds. The number of alkyl halides is 3. The summed E-state index contributed by atoms with van der Waals surface area (Å²) in [5.41, 5.74) is -0.593. The highest BCUT2D eigenvalue weighted by Crippen LogP contribution is 2.42. The van der Waals surface area contributed by atoms with E-state index in [-0.39, 0.29) is 10.6 Å². The van der Waals surface area contributed by atoms with Crippen LogP contribution in [0.25, 0.3) is 0 Å². The van der Waals surface area contributed by atoms with E-state index >= 15 is 0 Å². The van der Waals surface area contributed by atoms with Gasteiger partial charge in [-0.15, -0.1) is 0 Å². The minimum absolute atomic E-state index is 0.0893. The van der Waals surface area contributed by atoms with Crippen molar-refractivity contribution in [3.8, 4) is 0 Å². The molecule has 1 atom stereocenters. The minimum atomic E-state index is -4.42. The molecule has 1 aromatic rings. The average Bonchev–Trinajstić information content (AvgIpc) is 2.49. The summed E-state index contributed by atoms with van der Waals surface area (Å²) < 4.78 is 46.2. The highest BCUT2D eigenvalue weighted by atomic mass is 35.5. The lowest BCUT2D eigenvalue weighted by atomic mass is 10.0. The topological polar surface area (TPSA) is 9.23 Å². The van der Waals surface area contributed by atoms with Crippen LogP contribution < -0.4 is 0 Å². The van der Waals surface area contributed by atoms with Crippen LogP contribution in [0.1, 0.15) is 51.3 Å². The van der Waals surface area contributed by atoms with Gasteiger partial charge in [0.25, 0.3) is 0 Å².